The van der Waals surface area contributed by atoms with Crippen molar-refractivity contribution >= 4 is 22.6 Å². The lowest BCUT2D eigenvalue weighted by Crippen LogP contribution is -2.20. The minimum absolute atomic E-state index is 0.552. The molecule has 1 aliphatic rings. The van der Waals surface area contributed by atoms with Gasteiger partial charge >= 0.3 is 0 Å². The van der Waals surface area contributed by atoms with Gasteiger partial charge in [0, 0.05) is 6.08 Å². The molecule has 1 aromatic rings. The zero-order valence-electron chi connectivity index (χ0n) is 8.35. The molecule has 0 N–H and O–H groups in total. The molecule has 1 heterocycles. The topological polar surface area (TPSA) is 34.0 Å². The molecule has 78 valence electrons. The molecule has 1 atom stereocenters. The highest BCUT2D eigenvalue weighted by atomic mass is 127. The summed E-state index contributed by atoms with van der Waals surface area (Å²) in [5.41, 5.74) is 0.552. The van der Waals surface area contributed by atoms with Gasteiger partial charge in [0.2, 0.25) is 0 Å². The molecule has 0 spiro atoms. The van der Waals surface area contributed by atoms with E-state index < -0.39 is 5.72 Å². The molecule has 1 aromatic carbocycles. The summed E-state index contributed by atoms with van der Waals surface area (Å²) >= 11 is 2.13. The Morgan fingerprint density at radius 2 is 2.07 bits per heavy atom. The van der Waals surface area contributed by atoms with Crippen molar-refractivity contribution in [2.24, 2.45) is 10.2 Å². The molecule has 0 aromatic heterocycles. The van der Waals surface area contributed by atoms with Crippen LogP contribution in [0, 0.1) is 0 Å². The first kappa shape index (κ1) is 10.8. The molecular formula is C11H11IN2O. The zero-order valence-corrected chi connectivity index (χ0v) is 10.5. The van der Waals surface area contributed by atoms with Crippen LogP contribution in [0.4, 0.5) is 0 Å². The van der Waals surface area contributed by atoms with Crippen LogP contribution in [0.3, 0.4) is 0 Å². The molecule has 4 heteroatoms. The molecule has 1 unspecified atom stereocenters. The van der Waals surface area contributed by atoms with Gasteiger partial charge in [-0.2, -0.15) is 0 Å². The maximum atomic E-state index is 5.71. The average Bonchev–Trinajstić information content (AvgIpc) is 2.58. The molecule has 0 bridgehead atoms. The summed E-state index contributed by atoms with van der Waals surface area (Å²) in [7, 11) is 0. The van der Waals surface area contributed by atoms with Crippen molar-refractivity contribution < 1.29 is 4.74 Å². The Kier molecular flexibility index (Phi) is 3.16. The van der Waals surface area contributed by atoms with Crippen LogP contribution in [0.5, 0.6) is 0 Å². The largest absolute Gasteiger partial charge is 0.344 e. The SMILES string of the molecule is CC1(OCc2ccccc2)C=C(I)N=N1. The Labute approximate surface area is 102 Å². The fourth-order valence-corrected chi connectivity index (χ4v) is 1.99. The van der Waals surface area contributed by atoms with E-state index in [-0.39, 0.29) is 0 Å². The standard InChI is InChI=1S/C11H11IN2O/c1-11(7-10(12)13-14-11)15-8-9-5-3-2-4-6-9/h2-7H,8H2,1H3. The molecule has 0 saturated carbocycles. The lowest BCUT2D eigenvalue weighted by atomic mass is 10.2. The summed E-state index contributed by atoms with van der Waals surface area (Å²) in [6, 6.07) is 10.0. The van der Waals surface area contributed by atoms with Crippen molar-refractivity contribution in [3.05, 3.63) is 45.7 Å². The Morgan fingerprint density at radius 1 is 1.33 bits per heavy atom. The fourth-order valence-electron chi connectivity index (χ4n) is 1.30. The Hall–Kier alpha value is -0.750. The van der Waals surface area contributed by atoms with Crippen molar-refractivity contribution in [2.45, 2.75) is 19.3 Å². The molecule has 0 saturated heterocycles. The van der Waals surface area contributed by atoms with Crippen molar-refractivity contribution in [1.82, 2.24) is 0 Å². The number of azo groups is 1. The van der Waals surface area contributed by atoms with Gasteiger partial charge in [0.25, 0.3) is 0 Å². The van der Waals surface area contributed by atoms with Crippen molar-refractivity contribution in [1.29, 1.82) is 0 Å². The van der Waals surface area contributed by atoms with E-state index in [9.17, 15) is 0 Å². The maximum absolute atomic E-state index is 5.71. The lowest BCUT2D eigenvalue weighted by molar-refractivity contribution is -0.00126. The maximum Gasteiger partial charge on any atom is 0.198 e. The first-order valence-corrected chi connectivity index (χ1v) is 5.75. The summed E-state index contributed by atoms with van der Waals surface area (Å²) in [6.45, 7) is 2.46. The summed E-state index contributed by atoms with van der Waals surface area (Å²) < 4.78 is 6.58. The third kappa shape index (κ3) is 2.85. The van der Waals surface area contributed by atoms with Gasteiger partial charge in [0.15, 0.2) is 5.72 Å². The number of ether oxygens (including phenoxy) is 1. The Morgan fingerprint density at radius 3 is 2.67 bits per heavy atom. The van der Waals surface area contributed by atoms with Gasteiger partial charge in [0.1, 0.15) is 3.70 Å². The first-order valence-electron chi connectivity index (χ1n) is 4.67. The molecule has 0 amide bonds. The van der Waals surface area contributed by atoms with Gasteiger partial charge in [-0.05, 0) is 35.1 Å². The average molecular weight is 314 g/mol. The molecule has 15 heavy (non-hydrogen) atoms. The van der Waals surface area contributed by atoms with Crippen molar-refractivity contribution in [3.63, 3.8) is 0 Å². The normalized spacial score (nSPS) is 24.3. The number of hydrogen-bond donors (Lipinski definition) is 0. The predicted molar refractivity (Wildman–Crippen MR) is 66.6 cm³/mol. The number of hydrogen-bond acceptors (Lipinski definition) is 3. The minimum atomic E-state index is -0.591. The summed E-state index contributed by atoms with van der Waals surface area (Å²) in [6.07, 6.45) is 1.91. The summed E-state index contributed by atoms with van der Waals surface area (Å²) in [5, 5.41) is 8.02. The highest BCUT2D eigenvalue weighted by Gasteiger charge is 2.26. The summed E-state index contributed by atoms with van der Waals surface area (Å²) in [5.74, 6) is 0. The predicted octanol–water partition coefficient (Wildman–Crippen LogP) is 3.66. The second-order valence-corrected chi connectivity index (χ2v) is 4.60. The molecule has 3 nitrogen and oxygen atoms in total. The van der Waals surface area contributed by atoms with E-state index in [0.29, 0.717) is 6.61 Å². The molecule has 2 rings (SSSR count). The molecule has 0 fully saturated rings. The van der Waals surface area contributed by atoms with Gasteiger partial charge in [-0.25, -0.2) is 0 Å². The van der Waals surface area contributed by atoms with Crippen LogP contribution in [0.2, 0.25) is 0 Å². The number of rotatable bonds is 3. The zero-order chi connectivity index (χ0) is 10.7. The minimum Gasteiger partial charge on any atom is -0.344 e. The van der Waals surface area contributed by atoms with Crippen LogP contribution in [0.1, 0.15) is 12.5 Å². The van der Waals surface area contributed by atoms with Crippen molar-refractivity contribution in [2.75, 3.05) is 0 Å². The number of halogens is 1. The van der Waals surface area contributed by atoms with Crippen LogP contribution in [0.25, 0.3) is 0 Å². The van der Waals surface area contributed by atoms with E-state index >= 15 is 0 Å². The molecule has 1 aliphatic heterocycles. The van der Waals surface area contributed by atoms with Crippen LogP contribution in [0.15, 0.2) is 50.3 Å². The Balaban J connectivity index is 1.98. The van der Waals surface area contributed by atoms with E-state index in [1.54, 1.807) is 0 Å². The number of benzene rings is 1. The summed E-state index contributed by atoms with van der Waals surface area (Å²) in [4.78, 5) is 0. The van der Waals surface area contributed by atoms with E-state index in [2.05, 4.69) is 32.8 Å². The third-order valence-corrected chi connectivity index (χ3v) is 2.63. The van der Waals surface area contributed by atoms with Crippen LogP contribution >= 0.6 is 22.6 Å². The van der Waals surface area contributed by atoms with E-state index in [0.717, 1.165) is 9.27 Å². The molecule has 0 aliphatic carbocycles. The van der Waals surface area contributed by atoms with Crippen LogP contribution < -0.4 is 0 Å². The number of nitrogens with zero attached hydrogens (tertiary/aromatic N) is 2. The van der Waals surface area contributed by atoms with E-state index in [1.165, 1.54) is 0 Å². The Bertz CT molecular complexity index is 402. The highest BCUT2D eigenvalue weighted by Crippen LogP contribution is 2.28. The molecular weight excluding hydrogens is 303 g/mol. The van der Waals surface area contributed by atoms with Gasteiger partial charge in [-0.3, -0.25) is 0 Å². The first-order chi connectivity index (χ1) is 7.18. The van der Waals surface area contributed by atoms with Gasteiger partial charge in [-0.15, -0.1) is 10.2 Å². The van der Waals surface area contributed by atoms with E-state index in [4.69, 9.17) is 4.74 Å². The van der Waals surface area contributed by atoms with E-state index in [1.807, 2.05) is 43.3 Å². The molecule has 0 radical (unpaired) electrons. The van der Waals surface area contributed by atoms with Crippen LogP contribution in [-0.2, 0) is 11.3 Å². The van der Waals surface area contributed by atoms with Crippen LogP contribution in [-0.4, -0.2) is 5.72 Å². The lowest BCUT2D eigenvalue weighted by Gasteiger charge is -2.17. The van der Waals surface area contributed by atoms with Crippen molar-refractivity contribution in [3.8, 4) is 0 Å². The second-order valence-electron chi connectivity index (χ2n) is 3.50. The monoisotopic (exact) mass is 314 g/mol. The third-order valence-electron chi connectivity index (χ3n) is 2.10. The fraction of sp³-hybridized carbons (Fsp3) is 0.273. The van der Waals surface area contributed by atoms with Gasteiger partial charge < -0.3 is 4.74 Å². The second kappa shape index (κ2) is 4.40. The quantitative estimate of drug-likeness (QED) is 0.619. The van der Waals surface area contributed by atoms with Gasteiger partial charge in [-0.1, -0.05) is 30.3 Å². The highest BCUT2D eigenvalue weighted by molar-refractivity contribution is 14.1. The van der Waals surface area contributed by atoms with Gasteiger partial charge in [0.05, 0.1) is 6.61 Å². The smallest absolute Gasteiger partial charge is 0.198 e.